The molecule has 1 aliphatic rings. The highest BCUT2D eigenvalue weighted by Crippen LogP contribution is 2.25. The zero-order chi connectivity index (χ0) is 8.97. The van der Waals surface area contributed by atoms with Gasteiger partial charge in [0.05, 0.1) is 6.42 Å². The average molecular weight is 165 g/mol. The SMILES string of the molecule is CC#CCC(=O)C1CCC(N)C1. The molecule has 0 radical (unpaired) electrons. The molecule has 1 rings (SSSR count). The van der Waals surface area contributed by atoms with E-state index in [1.165, 1.54) is 0 Å². The van der Waals surface area contributed by atoms with Crippen molar-refractivity contribution in [3.8, 4) is 11.8 Å². The third-order valence-electron chi connectivity index (χ3n) is 2.37. The first-order valence-electron chi connectivity index (χ1n) is 4.42. The number of ketones is 1. The minimum absolute atomic E-state index is 0.195. The van der Waals surface area contributed by atoms with Crippen molar-refractivity contribution in [3.63, 3.8) is 0 Å². The van der Waals surface area contributed by atoms with Crippen LogP contribution < -0.4 is 5.73 Å². The van der Waals surface area contributed by atoms with E-state index in [9.17, 15) is 4.79 Å². The first-order valence-corrected chi connectivity index (χ1v) is 4.42. The van der Waals surface area contributed by atoms with Crippen LogP contribution in [0.4, 0.5) is 0 Å². The molecule has 0 aliphatic heterocycles. The van der Waals surface area contributed by atoms with Gasteiger partial charge in [-0.3, -0.25) is 4.79 Å². The molecular formula is C10H15NO. The van der Waals surface area contributed by atoms with Gasteiger partial charge < -0.3 is 5.73 Å². The Bertz CT molecular complexity index is 224. The molecule has 2 N–H and O–H groups in total. The summed E-state index contributed by atoms with van der Waals surface area (Å²) in [5, 5.41) is 0. The van der Waals surface area contributed by atoms with Crippen LogP contribution in [0, 0.1) is 17.8 Å². The Kier molecular flexibility index (Phi) is 3.31. The molecule has 2 unspecified atom stereocenters. The molecular weight excluding hydrogens is 150 g/mol. The number of carbonyl (C=O) groups excluding carboxylic acids is 1. The van der Waals surface area contributed by atoms with Crippen molar-refractivity contribution in [1.29, 1.82) is 0 Å². The molecule has 2 atom stereocenters. The molecule has 0 spiro atoms. The van der Waals surface area contributed by atoms with E-state index < -0.39 is 0 Å². The fraction of sp³-hybridized carbons (Fsp3) is 0.700. The van der Waals surface area contributed by atoms with Crippen LogP contribution in [0.1, 0.15) is 32.6 Å². The highest BCUT2D eigenvalue weighted by molar-refractivity contribution is 5.83. The Balaban J connectivity index is 2.36. The molecule has 66 valence electrons. The van der Waals surface area contributed by atoms with Crippen molar-refractivity contribution in [1.82, 2.24) is 0 Å². The smallest absolute Gasteiger partial charge is 0.147 e. The van der Waals surface area contributed by atoms with Gasteiger partial charge in [0.15, 0.2) is 0 Å². The third kappa shape index (κ3) is 2.35. The highest BCUT2D eigenvalue weighted by atomic mass is 16.1. The summed E-state index contributed by atoms with van der Waals surface area (Å²) in [6.45, 7) is 1.76. The summed E-state index contributed by atoms with van der Waals surface area (Å²) in [6.07, 6.45) is 3.24. The first-order chi connectivity index (χ1) is 5.74. The maximum atomic E-state index is 11.4. The van der Waals surface area contributed by atoms with E-state index >= 15 is 0 Å². The van der Waals surface area contributed by atoms with Gasteiger partial charge in [0.1, 0.15) is 5.78 Å². The Morgan fingerprint density at radius 1 is 1.58 bits per heavy atom. The Labute approximate surface area is 73.5 Å². The lowest BCUT2D eigenvalue weighted by Gasteiger charge is -2.04. The molecule has 12 heavy (non-hydrogen) atoms. The molecule has 1 aliphatic carbocycles. The monoisotopic (exact) mass is 165 g/mol. The van der Waals surface area contributed by atoms with Gasteiger partial charge in [-0.2, -0.15) is 0 Å². The maximum Gasteiger partial charge on any atom is 0.147 e. The topological polar surface area (TPSA) is 43.1 Å². The Hall–Kier alpha value is -0.810. The van der Waals surface area contributed by atoms with Crippen molar-refractivity contribution < 1.29 is 4.79 Å². The predicted molar refractivity (Wildman–Crippen MR) is 48.4 cm³/mol. The van der Waals surface area contributed by atoms with E-state index in [0.29, 0.717) is 6.42 Å². The summed E-state index contributed by atoms with van der Waals surface area (Å²) >= 11 is 0. The number of nitrogens with two attached hydrogens (primary N) is 1. The summed E-state index contributed by atoms with van der Waals surface area (Å²) in [5.41, 5.74) is 5.70. The van der Waals surface area contributed by atoms with Crippen molar-refractivity contribution in [2.45, 2.75) is 38.6 Å². The van der Waals surface area contributed by atoms with Crippen LogP contribution >= 0.6 is 0 Å². The highest BCUT2D eigenvalue weighted by Gasteiger charge is 2.26. The van der Waals surface area contributed by atoms with Crippen LogP contribution in [0.2, 0.25) is 0 Å². The molecule has 0 bridgehead atoms. The number of rotatable bonds is 2. The van der Waals surface area contributed by atoms with E-state index in [1.54, 1.807) is 6.92 Å². The van der Waals surface area contributed by atoms with E-state index in [4.69, 9.17) is 5.73 Å². The van der Waals surface area contributed by atoms with Gasteiger partial charge in [0, 0.05) is 12.0 Å². The molecule has 0 heterocycles. The predicted octanol–water partition coefficient (Wildman–Crippen LogP) is 1.10. The normalized spacial score (nSPS) is 27.8. The lowest BCUT2D eigenvalue weighted by Crippen LogP contribution is -2.17. The first kappa shape index (κ1) is 9.28. The number of carbonyl (C=O) groups is 1. The van der Waals surface area contributed by atoms with Crippen LogP contribution in [0.15, 0.2) is 0 Å². The molecule has 1 saturated carbocycles. The quantitative estimate of drug-likeness (QED) is 0.622. The lowest BCUT2D eigenvalue weighted by molar-refractivity contribution is -0.121. The van der Waals surface area contributed by atoms with Crippen molar-refractivity contribution in [2.75, 3.05) is 0 Å². The van der Waals surface area contributed by atoms with Crippen LogP contribution in [-0.4, -0.2) is 11.8 Å². The fourth-order valence-corrected chi connectivity index (χ4v) is 1.63. The molecule has 0 aromatic rings. The molecule has 2 nitrogen and oxygen atoms in total. The third-order valence-corrected chi connectivity index (χ3v) is 2.37. The van der Waals surface area contributed by atoms with Crippen LogP contribution in [0.25, 0.3) is 0 Å². The van der Waals surface area contributed by atoms with E-state index in [1.807, 2.05) is 0 Å². The Morgan fingerprint density at radius 3 is 2.83 bits per heavy atom. The van der Waals surface area contributed by atoms with E-state index in [-0.39, 0.29) is 17.7 Å². The minimum atomic E-state index is 0.195. The molecule has 0 aromatic heterocycles. The number of hydrogen-bond donors (Lipinski definition) is 1. The average Bonchev–Trinajstić information content (AvgIpc) is 2.47. The molecule has 2 heteroatoms. The van der Waals surface area contributed by atoms with Crippen molar-refractivity contribution in [2.24, 2.45) is 11.7 Å². The molecule has 0 amide bonds. The zero-order valence-electron chi connectivity index (χ0n) is 7.47. The Morgan fingerprint density at radius 2 is 2.33 bits per heavy atom. The molecule has 0 aromatic carbocycles. The number of Topliss-reactive ketones (excluding diaryl/α,β-unsaturated/α-hetero) is 1. The summed E-state index contributed by atoms with van der Waals surface area (Å²) in [6, 6.07) is 0.244. The summed E-state index contributed by atoms with van der Waals surface area (Å²) < 4.78 is 0. The second-order valence-electron chi connectivity index (χ2n) is 3.34. The standard InChI is InChI=1S/C10H15NO/c1-2-3-4-10(12)8-5-6-9(11)7-8/h8-9H,4-7,11H2,1H3. The van der Waals surface area contributed by atoms with Gasteiger partial charge in [0.25, 0.3) is 0 Å². The van der Waals surface area contributed by atoms with Gasteiger partial charge in [-0.1, -0.05) is 5.92 Å². The second-order valence-corrected chi connectivity index (χ2v) is 3.34. The van der Waals surface area contributed by atoms with Crippen molar-refractivity contribution in [3.05, 3.63) is 0 Å². The number of hydrogen-bond acceptors (Lipinski definition) is 2. The minimum Gasteiger partial charge on any atom is -0.328 e. The van der Waals surface area contributed by atoms with Crippen LogP contribution in [0.3, 0.4) is 0 Å². The van der Waals surface area contributed by atoms with Crippen LogP contribution in [0.5, 0.6) is 0 Å². The molecule has 0 saturated heterocycles. The summed E-state index contributed by atoms with van der Waals surface area (Å²) in [5.74, 6) is 6.00. The van der Waals surface area contributed by atoms with Crippen LogP contribution in [-0.2, 0) is 4.79 Å². The molecule has 1 fully saturated rings. The zero-order valence-corrected chi connectivity index (χ0v) is 7.47. The summed E-state index contributed by atoms with van der Waals surface area (Å²) in [7, 11) is 0. The van der Waals surface area contributed by atoms with E-state index in [0.717, 1.165) is 19.3 Å². The maximum absolute atomic E-state index is 11.4. The van der Waals surface area contributed by atoms with Gasteiger partial charge in [-0.25, -0.2) is 0 Å². The summed E-state index contributed by atoms with van der Waals surface area (Å²) in [4.78, 5) is 11.4. The fourth-order valence-electron chi connectivity index (χ4n) is 1.63. The largest absolute Gasteiger partial charge is 0.328 e. The van der Waals surface area contributed by atoms with Gasteiger partial charge in [0.2, 0.25) is 0 Å². The van der Waals surface area contributed by atoms with Gasteiger partial charge in [-0.15, -0.1) is 5.92 Å². The van der Waals surface area contributed by atoms with E-state index in [2.05, 4.69) is 11.8 Å². The second kappa shape index (κ2) is 4.27. The lowest BCUT2D eigenvalue weighted by atomic mass is 10.0. The van der Waals surface area contributed by atoms with Gasteiger partial charge >= 0.3 is 0 Å². The van der Waals surface area contributed by atoms with Gasteiger partial charge in [-0.05, 0) is 26.2 Å². The van der Waals surface area contributed by atoms with Crippen molar-refractivity contribution >= 4 is 5.78 Å².